The molecule has 1 amide bonds. The van der Waals surface area contributed by atoms with Gasteiger partial charge in [-0.05, 0) is 81.5 Å². The van der Waals surface area contributed by atoms with E-state index in [1.165, 1.54) is 12.8 Å². The molecule has 0 aromatic heterocycles. The molecule has 1 heterocycles. The lowest BCUT2D eigenvalue weighted by Gasteiger charge is -2.48. The minimum atomic E-state index is -3.74. The van der Waals surface area contributed by atoms with Gasteiger partial charge in [0.25, 0.3) is 0 Å². The van der Waals surface area contributed by atoms with Gasteiger partial charge in [0.05, 0.1) is 17.0 Å². The van der Waals surface area contributed by atoms with Crippen LogP contribution in [0, 0.1) is 33.6 Å². The maximum absolute atomic E-state index is 13.9. The van der Waals surface area contributed by atoms with Crippen LogP contribution in [0.15, 0.2) is 11.0 Å². The Kier molecular flexibility index (Phi) is 4.86. The second-order valence-electron chi connectivity index (χ2n) is 9.25. The summed E-state index contributed by atoms with van der Waals surface area (Å²) < 4.78 is 29.5. The lowest BCUT2D eigenvalue weighted by molar-refractivity contribution is -0.139. The van der Waals surface area contributed by atoms with Crippen LogP contribution in [0.5, 0.6) is 0 Å². The topological polar surface area (TPSA) is 57.7 Å². The Hall–Kier alpha value is -1.40. The third-order valence-electron chi connectivity index (χ3n) is 7.20. The molecule has 0 bridgehead atoms. The molecular weight excluding hydrogens is 372 g/mol. The number of aryl methyl sites for hydroxylation is 2. The summed E-state index contributed by atoms with van der Waals surface area (Å²) >= 11 is 0. The first kappa shape index (κ1) is 19.9. The van der Waals surface area contributed by atoms with Gasteiger partial charge in [0.2, 0.25) is 15.9 Å². The molecule has 1 aromatic carbocycles. The van der Waals surface area contributed by atoms with Gasteiger partial charge in [0.15, 0.2) is 0 Å². The summed E-state index contributed by atoms with van der Waals surface area (Å²) in [7, 11) is -3.74. The highest BCUT2D eigenvalue weighted by Gasteiger charge is 2.52. The van der Waals surface area contributed by atoms with E-state index < -0.39 is 15.6 Å². The molecule has 28 heavy (non-hydrogen) atoms. The number of hydrogen-bond acceptors (Lipinski definition) is 3. The quantitative estimate of drug-likeness (QED) is 0.772. The molecule has 1 aromatic rings. The molecule has 6 heteroatoms. The van der Waals surface area contributed by atoms with Gasteiger partial charge >= 0.3 is 0 Å². The first-order valence-electron chi connectivity index (χ1n) is 10.5. The molecule has 3 fully saturated rings. The van der Waals surface area contributed by atoms with E-state index in [4.69, 9.17) is 0 Å². The van der Waals surface area contributed by atoms with Crippen molar-refractivity contribution in [3.63, 3.8) is 0 Å². The van der Waals surface area contributed by atoms with Crippen molar-refractivity contribution in [3.8, 4) is 0 Å². The van der Waals surface area contributed by atoms with Crippen molar-refractivity contribution in [3.05, 3.63) is 28.3 Å². The van der Waals surface area contributed by atoms with Crippen LogP contribution >= 0.6 is 0 Å². The maximum Gasteiger partial charge on any atom is 0.244 e. The van der Waals surface area contributed by atoms with E-state index in [-0.39, 0.29) is 12.5 Å². The highest BCUT2D eigenvalue weighted by atomic mass is 32.2. The third kappa shape index (κ3) is 3.18. The first-order chi connectivity index (χ1) is 13.2. The number of hydrogen-bond donors (Lipinski definition) is 0. The molecule has 5 nitrogen and oxygen atoms in total. The van der Waals surface area contributed by atoms with Crippen LogP contribution in [0.4, 0.5) is 0 Å². The van der Waals surface area contributed by atoms with Gasteiger partial charge in [-0.25, -0.2) is 8.42 Å². The Labute approximate surface area is 169 Å². The second kappa shape index (κ2) is 6.84. The van der Waals surface area contributed by atoms with E-state index in [9.17, 15) is 13.2 Å². The normalized spacial score (nSPS) is 23.0. The average Bonchev–Trinajstić information content (AvgIpc) is 3.32. The standard InChI is InChI=1S/C22H32N2O3S/c1-15-11-16(2)18(4)21(17(15)3)28(26,27)24-13-20(25)23(12-19-7-8-19)14-22(24)9-5-6-10-22/h11,19H,5-10,12-14H2,1-4H3. The van der Waals surface area contributed by atoms with Crippen molar-refractivity contribution in [2.45, 2.75) is 76.7 Å². The summed E-state index contributed by atoms with van der Waals surface area (Å²) in [6, 6.07) is 2.05. The van der Waals surface area contributed by atoms with Crippen molar-refractivity contribution < 1.29 is 13.2 Å². The second-order valence-corrected chi connectivity index (χ2v) is 11.0. The average molecular weight is 405 g/mol. The van der Waals surface area contributed by atoms with Gasteiger partial charge < -0.3 is 4.90 Å². The van der Waals surface area contributed by atoms with E-state index in [0.29, 0.717) is 17.4 Å². The van der Waals surface area contributed by atoms with Gasteiger partial charge in [0, 0.05) is 13.1 Å². The van der Waals surface area contributed by atoms with Crippen LogP contribution in [0.25, 0.3) is 0 Å². The monoisotopic (exact) mass is 404 g/mol. The van der Waals surface area contributed by atoms with Crippen molar-refractivity contribution in [2.24, 2.45) is 5.92 Å². The first-order valence-corrected chi connectivity index (χ1v) is 12.0. The van der Waals surface area contributed by atoms with Crippen molar-refractivity contribution >= 4 is 15.9 Å². The molecule has 1 saturated heterocycles. The fourth-order valence-corrected chi connectivity index (χ4v) is 7.50. The molecule has 0 atom stereocenters. The highest BCUT2D eigenvalue weighted by Crippen LogP contribution is 2.43. The molecule has 0 N–H and O–H groups in total. The largest absolute Gasteiger partial charge is 0.339 e. The molecule has 1 aliphatic heterocycles. The SMILES string of the molecule is Cc1cc(C)c(C)c(S(=O)(=O)N2CC(=O)N(CC3CC3)CC23CCCC3)c1C. The Bertz CT molecular complexity index is 886. The lowest BCUT2D eigenvalue weighted by atomic mass is 9.94. The number of amides is 1. The molecule has 4 rings (SSSR count). The van der Waals surface area contributed by atoms with Crippen molar-refractivity contribution in [1.82, 2.24) is 9.21 Å². The van der Waals surface area contributed by atoms with E-state index >= 15 is 0 Å². The smallest absolute Gasteiger partial charge is 0.244 e. The fourth-order valence-electron chi connectivity index (χ4n) is 5.15. The lowest BCUT2D eigenvalue weighted by Crippen LogP contribution is -2.64. The van der Waals surface area contributed by atoms with E-state index in [2.05, 4.69) is 0 Å². The number of nitrogens with zero attached hydrogens (tertiary/aromatic N) is 2. The Morgan fingerprint density at radius 1 is 1.04 bits per heavy atom. The van der Waals surface area contributed by atoms with Crippen LogP contribution in [-0.2, 0) is 14.8 Å². The molecule has 1 spiro atoms. The molecule has 2 saturated carbocycles. The van der Waals surface area contributed by atoms with Crippen LogP contribution < -0.4 is 0 Å². The summed E-state index contributed by atoms with van der Waals surface area (Å²) in [5, 5.41) is 0. The molecular formula is C22H32N2O3S. The molecule has 0 unspecified atom stereocenters. The number of rotatable bonds is 4. The molecule has 3 aliphatic rings. The maximum atomic E-state index is 13.9. The zero-order chi connectivity index (χ0) is 20.3. The van der Waals surface area contributed by atoms with E-state index in [1.54, 1.807) is 4.31 Å². The van der Waals surface area contributed by atoms with E-state index in [0.717, 1.165) is 54.5 Å². The molecule has 154 valence electrons. The van der Waals surface area contributed by atoms with Crippen LogP contribution in [0.2, 0.25) is 0 Å². The van der Waals surface area contributed by atoms with Crippen molar-refractivity contribution in [2.75, 3.05) is 19.6 Å². The number of benzene rings is 1. The molecule has 2 aliphatic carbocycles. The van der Waals surface area contributed by atoms with Crippen molar-refractivity contribution in [1.29, 1.82) is 0 Å². The molecule has 0 radical (unpaired) electrons. The van der Waals surface area contributed by atoms with Crippen LogP contribution in [0.1, 0.15) is 60.8 Å². The van der Waals surface area contributed by atoms with Gasteiger partial charge in [-0.15, -0.1) is 0 Å². The number of carbonyl (C=O) groups is 1. The van der Waals surface area contributed by atoms with Crippen LogP contribution in [-0.4, -0.2) is 48.7 Å². The highest BCUT2D eigenvalue weighted by molar-refractivity contribution is 7.89. The fraction of sp³-hybridized carbons (Fsp3) is 0.682. The van der Waals surface area contributed by atoms with E-state index in [1.807, 2.05) is 38.7 Å². The Morgan fingerprint density at radius 3 is 2.14 bits per heavy atom. The number of piperazine rings is 1. The minimum absolute atomic E-state index is 0.0130. The van der Waals surface area contributed by atoms with Crippen LogP contribution in [0.3, 0.4) is 0 Å². The van der Waals surface area contributed by atoms with Gasteiger partial charge in [-0.3, -0.25) is 4.79 Å². The minimum Gasteiger partial charge on any atom is -0.339 e. The van der Waals surface area contributed by atoms with Gasteiger partial charge in [0.1, 0.15) is 0 Å². The zero-order valence-electron chi connectivity index (χ0n) is 17.5. The summed E-state index contributed by atoms with van der Waals surface area (Å²) in [6.07, 6.45) is 6.15. The predicted octanol–water partition coefficient (Wildman–Crippen LogP) is 3.48. The predicted molar refractivity (Wildman–Crippen MR) is 110 cm³/mol. The number of sulfonamides is 1. The summed E-state index contributed by atoms with van der Waals surface area (Å²) in [4.78, 5) is 15.3. The Morgan fingerprint density at radius 2 is 1.61 bits per heavy atom. The van der Waals surface area contributed by atoms with Gasteiger partial charge in [-0.1, -0.05) is 18.9 Å². The summed E-state index contributed by atoms with van der Waals surface area (Å²) in [6.45, 7) is 9.06. The number of carbonyl (C=O) groups excluding carboxylic acids is 1. The summed E-state index contributed by atoms with van der Waals surface area (Å²) in [5.41, 5.74) is 3.16. The Balaban J connectivity index is 1.77. The van der Waals surface area contributed by atoms with Gasteiger partial charge in [-0.2, -0.15) is 4.31 Å². The zero-order valence-corrected chi connectivity index (χ0v) is 18.4. The summed E-state index contributed by atoms with van der Waals surface area (Å²) in [5.74, 6) is 0.585. The third-order valence-corrected chi connectivity index (χ3v) is 9.43.